The average molecular weight is 229 g/mol. The normalized spacial score (nSPS) is 11.7. The van der Waals surface area contributed by atoms with Crippen LogP contribution in [0.15, 0.2) is 18.3 Å². The van der Waals surface area contributed by atoms with Crippen molar-refractivity contribution in [3.8, 4) is 11.5 Å². The summed E-state index contributed by atoms with van der Waals surface area (Å²) in [4.78, 5) is 18.8. The summed E-state index contributed by atoms with van der Waals surface area (Å²) in [6.45, 7) is 0. The highest BCUT2D eigenvalue weighted by Crippen LogP contribution is 2.31. The number of nitrogens with zero attached hydrogens (tertiary/aromatic N) is 1. The van der Waals surface area contributed by atoms with E-state index >= 15 is 0 Å². The number of aldehydes is 1. The molecule has 2 rings (SSSR count). The van der Waals surface area contributed by atoms with Crippen LogP contribution in [0.4, 0.5) is 13.2 Å². The molecule has 0 aliphatic rings. The van der Waals surface area contributed by atoms with Gasteiger partial charge in [0.1, 0.15) is 5.69 Å². The third-order valence-corrected chi connectivity index (χ3v) is 1.98. The molecule has 0 bridgehead atoms. The maximum Gasteiger partial charge on any atom is 0.433 e. The number of aromatic nitrogens is 3. The molecule has 0 atom stereocenters. The predicted octanol–water partition coefficient (Wildman–Crippen LogP) is 2.24. The van der Waals surface area contributed by atoms with Crippen molar-refractivity contribution >= 4 is 6.29 Å². The monoisotopic (exact) mass is 229 g/mol. The van der Waals surface area contributed by atoms with Crippen molar-refractivity contribution in [3.05, 3.63) is 29.7 Å². The van der Waals surface area contributed by atoms with E-state index in [0.29, 0.717) is 5.69 Å². The van der Waals surface area contributed by atoms with Crippen LogP contribution >= 0.6 is 0 Å². The molecule has 0 amide bonds. The quantitative estimate of drug-likeness (QED) is 0.775. The number of imidazole rings is 1. The SMILES string of the molecule is O=Cc1nc(-c2ccc[nH]2)[nH]c1C(F)(F)F. The fraction of sp³-hybridized carbons (Fsp3) is 0.111. The van der Waals surface area contributed by atoms with Crippen LogP contribution in [-0.4, -0.2) is 21.2 Å². The fourth-order valence-electron chi connectivity index (χ4n) is 1.29. The standard InChI is InChI=1S/C9H6F3N3O/c10-9(11,12)7-6(4-16)14-8(15-7)5-2-1-3-13-5/h1-4,13H,(H,14,15). The Morgan fingerprint density at radius 3 is 2.56 bits per heavy atom. The van der Waals surface area contributed by atoms with Crippen LogP contribution in [0.5, 0.6) is 0 Å². The van der Waals surface area contributed by atoms with Crippen molar-refractivity contribution in [2.45, 2.75) is 6.18 Å². The van der Waals surface area contributed by atoms with Crippen LogP contribution in [0.1, 0.15) is 16.2 Å². The van der Waals surface area contributed by atoms with Gasteiger partial charge < -0.3 is 9.97 Å². The predicted molar refractivity (Wildman–Crippen MR) is 48.8 cm³/mol. The first-order valence-corrected chi connectivity index (χ1v) is 4.28. The van der Waals surface area contributed by atoms with Crippen LogP contribution in [-0.2, 0) is 6.18 Å². The summed E-state index contributed by atoms with van der Waals surface area (Å²) >= 11 is 0. The number of alkyl halides is 3. The van der Waals surface area contributed by atoms with E-state index in [1.807, 2.05) is 0 Å². The third-order valence-electron chi connectivity index (χ3n) is 1.98. The van der Waals surface area contributed by atoms with E-state index < -0.39 is 17.6 Å². The number of H-pyrrole nitrogens is 2. The lowest BCUT2D eigenvalue weighted by molar-refractivity contribution is -0.141. The molecule has 2 heterocycles. The Morgan fingerprint density at radius 1 is 1.38 bits per heavy atom. The van der Waals surface area contributed by atoms with Crippen LogP contribution in [0, 0.1) is 0 Å². The number of aromatic amines is 2. The molecule has 2 aromatic heterocycles. The van der Waals surface area contributed by atoms with Gasteiger partial charge in [0.15, 0.2) is 17.8 Å². The van der Waals surface area contributed by atoms with Gasteiger partial charge in [-0.05, 0) is 12.1 Å². The fourth-order valence-corrected chi connectivity index (χ4v) is 1.29. The molecular formula is C9H6F3N3O. The molecule has 0 fully saturated rings. The Labute approximate surface area is 87.5 Å². The van der Waals surface area contributed by atoms with Crippen molar-refractivity contribution in [3.63, 3.8) is 0 Å². The van der Waals surface area contributed by atoms with Gasteiger partial charge >= 0.3 is 6.18 Å². The molecule has 0 saturated heterocycles. The molecule has 16 heavy (non-hydrogen) atoms. The third kappa shape index (κ3) is 1.71. The van der Waals surface area contributed by atoms with Gasteiger partial charge in [-0.15, -0.1) is 0 Å². The Kier molecular flexibility index (Phi) is 2.30. The first-order chi connectivity index (χ1) is 7.52. The minimum absolute atomic E-state index is 0.0144. The van der Waals surface area contributed by atoms with Gasteiger partial charge in [-0.2, -0.15) is 13.2 Å². The van der Waals surface area contributed by atoms with E-state index in [0.717, 1.165) is 0 Å². The first-order valence-electron chi connectivity index (χ1n) is 4.28. The van der Waals surface area contributed by atoms with E-state index in [-0.39, 0.29) is 12.1 Å². The summed E-state index contributed by atoms with van der Waals surface area (Å²) in [6, 6.07) is 3.17. The topological polar surface area (TPSA) is 61.5 Å². The number of halogens is 3. The molecule has 0 saturated carbocycles. The zero-order valence-corrected chi connectivity index (χ0v) is 7.80. The summed E-state index contributed by atoms with van der Waals surface area (Å²) in [5, 5.41) is 0. The van der Waals surface area contributed by atoms with Crippen LogP contribution in [0.3, 0.4) is 0 Å². The molecule has 0 aromatic carbocycles. The number of hydrogen-bond donors (Lipinski definition) is 2. The zero-order chi connectivity index (χ0) is 11.8. The summed E-state index contributed by atoms with van der Waals surface area (Å²) in [6.07, 6.45) is -2.99. The van der Waals surface area contributed by atoms with Crippen LogP contribution in [0.25, 0.3) is 11.5 Å². The molecular weight excluding hydrogens is 223 g/mol. The average Bonchev–Trinajstić information content (AvgIpc) is 2.85. The van der Waals surface area contributed by atoms with Crippen molar-refractivity contribution in [2.75, 3.05) is 0 Å². The Balaban J connectivity index is 2.52. The number of carbonyl (C=O) groups excluding carboxylic acids is 1. The van der Waals surface area contributed by atoms with Gasteiger partial charge in [0.05, 0.1) is 5.69 Å². The van der Waals surface area contributed by atoms with Crippen molar-refractivity contribution in [1.29, 1.82) is 0 Å². The van der Waals surface area contributed by atoms with Crippen molar-refractivity contribution in [1.82, 2.24) is 15.0 Å². The number of rotatable bonds is 2. The first kappa shape index (κ1) is 10.5. The number of nitrogens with one attached hydrogen (secondary N) is 2. The second-order valence-electron chi connectivity index (χ2n) is 3.05. The molecule has 7 heteroatoms. The van der Waals surface area contributed by atoms with Gasteiger partial charge in [0.25, 0.3) is 0 Å². The van der Waals surface area contributed by atoms with E-state index in [1.165, 1.54) is 0 Å². The molecule has 0 aliphatic heterocycles. The second kappa shape index (κ2) is 3.51. The van der Waals surface area contributed by atoms with Gasteiger partial charge in [-0.1, -0.05) is 0 Å². The van der Waals surface area contributed by atoms with Crippen LogP contribution < -0.4 is 0 Å². The Hall–Kier alpha value is -2.05. The second-order valence-corrected chi connectivity index (χ2v) is 3.05. The highest BCUT2D eigenvalue weighted by atomic mass is 19.4. The number of carbonyl (C=O) groups is 1. The van der Waals surface area contributed by atoms with Gasteiger partial charge in [0.2, 0.25) is 0 Å². The molecule has 4 nitrogen and oxygen atoms in total. The molecule has 0 aliphatic carbocycles. The lowest BCUT2D eigenvalue weighted by Gasteiger charge is -2.02. The van der Waals surface area contributed by atoms with Crippen molar-refractivity contribution in [2.24, 2.45) is 0 Å². The van der Waals surface area contributed by atoms with E-state index in [2.05, 4.69) is 15.0 Å². The summed E-state index contributed by atoms with van der Waals surface area (Å²) in [5.74, 6) is -0.0144. The maximum atomic E-state index is 12.5. The molecule has 0 spiro atoms. The van der Waals surface area contributed by atoms with Gasteiger partial charge in [-0.25, -0.2) is 4.98 Å². The van der Waals surface area contributed by atoms with E-state index in [1.54, 1.807) is 18.3 Å². The van der Waals surface area contributed by atoms with Gasteiger partial charge in [-0.3, -0.25) is 4.79 Å². The summed E-state index contributed by atoms with van der Waals surface area (Å²) < 4.78 is 37.4. The Morgan fingerprint density at radius 2 is 2.12 bits per heavy atom. The lowest BCUT2D eigenvalue weighted by Crippen LogP contribution is -2.08. The maximum absolute atomic E-state index is 12.5. The Bertz CT molecular complexity index is 499. The van der Waals surface area contributed by atoms with E-state index in [4.69, 9.17) is 0 Å². The largest absolute Gasteiger partial charge is 0.433 e. The van der Waals surface area contributed by atoms with Crippen molar-refractivity contribution < 1.29 is 18.0 Å². The summed E-state index contributed by atoms with van der Waals surface area (Å²) in [5.41, 5.74) is -1.39. The lowest BCUT2D eigenvalue weighted by atomic mass is 10.3. The minimum Gasteiger partial charge on any atom is -0.359 e. The van der Waals surface area contributed by atoms with E-state index in [9.17, 15) is 18.0 Å². The molecule has 84 valence electrons. The number of hydrogen-bond acceptors (Lipinski definition) is 2. The molecule has 2 N–H and O–H groups in total. The zero-order valence-electron chi connectivity index (χ0n) is 7.80. The molecule has 0 unspecified atom stereocenters. The highest BCUT2D eigenvalue weighted by Gasteiger charge is 2.36. The molecule has 2 aromatic rings. The molecule has 0 radical (unpaired) electrons. The smallest absolute Gasteiger partial charge is 0.359 e. The van der Waals surface area contributed by atoms with Gasteiger partial charge in [0, 0.05) is 6.20 Å². The highest BCUT2D eigenvalue weighted by molar-refractivity contribution is 5.75. The minimum atomic E-state index is -4.62. The van der Waals surface area contributed by atoms with Crippen LogP contribution in [0.2, 0.25) is 0 Å². The summed E-state index contributed by atoms with van der Waals surface area (Å²) in [7, 11) is 0.